The number of hydrogen-bond donors (Lipinski definition) is 1. The summed E-state index contributed by atoms with van der Waals surface area (Å²) >= 11 is 15.1. The average molecular weight is 441 g/mol. The van der Waals surface area contributed by atoms with E-state index in [-0.39, 0.29) is 18.3 Å². The number of carbonyl (C=O) groups excluding carboxylic acids is 1. The van der Waals surface area contributed by atoms with Crippen molar-refractivity contribution in [3.8, 4) is 5.75 Å². The van der Waals surface area contributed by atoms with Crippen molar-refractivity contribution < 1.29 is 9.53 Å². The molecule has 1 N–H and O–H groups in total. The summed E-state index contributed by atoms with van der Waals surface area (Å²) in [6.07, 6.45) is 1.67. The zero-order valence-electron chi connectivity index (χ0n) is 12.7. The maximum atomic E-state index is 12.2. The Morgan fingerprint density at radius 3 is 2.56 bits per heavy atom. The molecule has 0 atom stereocenters. The first kappa shape index (κ1) is 17.8. The molecular formula is C17H12BrCl2N3O2. The van der Waals surface area contributed by atoms with Gasteiger partial charge < -0.3 is 10.1 Å². The zero-order valence-corrected chi connectivity index (χ0v) is 15.8. The van der Waals surface area contributed by atoms with Gasteiger partial charge in [-0.2, -0.15) is 5.10 Å². The van der Waals surface area contributed by atoms with Gasteiger partial charge in [0.25, 0.3) is 5.91 Å². The first-order valence-electron chi connectivity index (χ1n) is 7.19. The van der Waals surface area contributed by atoms with Crippen molar-refractivity contribution in [3.63, 3.8) is 0 Å². The molecule has 1 heterocycles. The van der Waals surface area contributed by atoms with E-state index in [1.54, 1.807) is 54.7 Å². The molecule has 0 saturated carbocycles. The molecular weight excluding hydrogens is 429 g/mol. The van der Waals surface area contributed by atoms with Crippen LogP contribution in [0.2, 0.25) is 10.0 Å². The maximum absolute atomic E-state index is 12.2. The fraction of sp³-hybridized carbons (Fsp3) is 0.0588. The lowest BCUT2D eigenvalue weighted by molar-refractivity contribution is 0.102. The van der Waals surface area contributed by atoms with Gasteiger partial charge in [0, 0.05) is 21.9 Å². The lowest BCUT2D eigenvalue weighted by Gasteiger charge is -2.08. The molecule has 0 unspecified atom stereocenters. The maximum Gasteiger partial charge on any atom is 0.276 e. The lowest BCUT2D eigenvalue weighted by Crippen LogP contribution is -2.14. The Kier molecular flexibility index (Phi) is 5.63. The Labute approximate surface area is 162 Å². The smallest absolute Gasteiger partial charge is 0.276 e. The number of halogens is 3. The van der Waals surface area contributed by atoms with Crippen LogP contribution < -0.4 is 10.1 Å². The Hall–Kier alpha value is -2.02. The van der Waals surface area contributed by atoms with Crippen LogP contribution in [0.25, 0.3) is 0 Å². The Morgan fingerprint density at radius 2 is 1.84 bits per heavy atom. The molecule has 3 aromatic rings. The molecule has 0 bridgehead atoms. The summed E-state index contributed by atoms with van der Waals surface area (Å²) in [6.45, 7) is 0.161. The summed E-state index contributed by atoms with van der Waals surface area (Å²) in [7, 11) is 0. The minimum absolute atomic E-state index is 0.161. The van der Waals surface area contributed by atoms with E-state index < -0.39 is 0 Å². The van der Waals surface area contributed by atoms with Crippen LogP contribution in [-0.4, -0.2) is 15.7 Å². The van der Waals surface area contributed by atoms with Crippen molar-refractivity contribution in [2.45, 2.75) is 6.73 Å². The van der Waals surface area contributed by atoms with Gasteiger partial charge in [0.1, 0.15) is 5.75 Å². The Morgan fingerprint density at radius 1 is 1.12 bits per heavy atom. The first-order chi connectivity index (χ1) is 12.0. The number of anilines is 1. The minimum atomic E-state index is -0.311. The van der Waals surface area contributed by atoms with Gasteiger partial charge >= 0.3 is 0 Å². The molecule has 3 rings (SSSR count). The third kappa shape index (κ3) is 4.75. The molecule has 5 nitrogen and oxygen atoms in total. The van der Waals surface area contributed by atoms with Crippen molar-refractivity contribution in [1.29, 1.82) is 0 Å². The summed E-state index contributed by atoms with van der Waals surface area (Å²) in [5.41, 5.74) is 0.930. The van der Waals surface area contributed by atoms with Gasteiger partial charge in [-0.1, -0.05) is 23.2 Å². The number of benzene rings is 2. The molecule has 0 fully saturated rings. The number of carbonyl (C=O) groups is 1. The predicted octanol–water partition coefficient (Wildman–Crippen LogP) is 5.24. The minimum Gasteiger partial charge on any atom is -0.470 e. The number of ether oxygens (including phenoxy) is 1. The van der Waals surface area contributed by atoms with Crippen molar-refractivity contribution in [3.05, 3.63) is 74.9 Å². The van der Waals surface area contributed by atoms with Crippen LogP contribution in [-0.2, 0) is 6.73 Å². The second kappa shape index (κ2) is 7.91. The van der Waals surface area contributed by atoms with Crippen LogP contribution in [0.1, 0.15) is 10.5 Å². The predicted molar refractivity (Wildman–Crippen MR) is 101 cm³/mol. The SMILES string of the molecule is O=C(Nc1ccc(Cl)cc1)c1ccn(COc2ccc(Cl)cc2Br)n1. The number of nitrogens with zero attached hydrogens (tertiary/aromatic N) is 2. The summed E-state index contributed by atoms with van der Waals surface area (Å²) in [5.74, 6) is 0.320. The topological polar surface area (TPSA) is 56.2 Å². The number of nitrogens with one attached hydrogen (secondary N) is 1. The molecule has 0 aliphatic carbocycles. The zero-order chi connectivity index (χ0) is 17.8. The van der Waals surface area contributed by atoms with E-state index in [9.17, 15) is 4.79 Å². The highest BCUT2D eigenvalue weighted by atomic mass is 79.9. The molecule has 2 aromatic carbocycles. The van der Waals surface area contributed by atoms with Gasteiger partial charge in [-0.05, 0) is 64.5 Å². The lowest BCUT2D eigenvalue weighted by atomic mass is 10.3. The molecule has 0 aliphatic heterocycles. The van der Waals surface area contributed by atoms with Crippen LogP contribution in [0, 0.1) is 0 Å². The quantitative estimate of drug-likeness (QED) is 0.590. The normalized spacial score (nSPS) is 10.5. The van der Waals surface area contributed by atoms with Gasteiger partial charge in [0.05, 0.1) is 4.47 Å². The van der Waals surface area contributed by atoms with Crippen LogP contribution in [0.3, 0.4) is 0 Å². The number of amides is 1. The van der Waals surface area contributed by atoms with Crippen LogP contribution in [0.4, 0.5) is 5.69 Å². The van der Waals surface area contributed by atoms with Crippen LogP contribution >= 0.6 is 39.1 Å². The largest absolute Gasteiger partial charge is 0.470 e. The third-order valence-electron chi connectivity index (χ3n) is 3.22. The molecule has 1 aromatic heterocycles. The average Bonchev–Trinajstić information content (AvgIpc) is 3.05. The van der Waals surface area contributed by atoms with E-state index in [0.717, 1.165) is 4.47 Å². The molecule has 8 heteroatoms. The van der Waals surface area contributed by atoms with Crippen LogP contribution in [0.15, 0.2) is 59.2 Å². The highest BCUT2D eigenvalue weighted by molar-refractivity contribution is 9.10. The summed E-state index contributed by atoms with van der Waals surface area (Å²) < 4.78 is 7.92. The van der Waals surface area contributed by atoms with Gasteiger partial charge in [-0.3, -0.25) is 4.79 Å². The second-order valence-electron chi connectivity index (χ2n) is 5.05. The molecule has 0 radical (unpaired) electrons. The highest BCUT2D eigenvalue weighted by Gasteiger charge is 2.10. The van der Waals surface area contributed by atoms with E-state index in [1.807, 2.05) is 0 Å². The van der Waals surface area contributed by atoms with E-state index >= 15 is 0 Å². The van der Waals surface area contributed by atoms with Crippen molar-refractivity contribution in [1.82, 2.24) is 9.78 Å². The molecule has 0 aliphatic rings. The Bertz CT molecular complexity index is 897. The summed E-state index contributed by atoms with van der Waals surface area (Å²) in [5, 5.41) is 8.16. The Balaban J connectivity index is 1.61. The number of aromatic nitrogens is 2. The standard InChI is InChI=1S/C17H12BrCl2N3O2/c18-14-9-12(20)3-6-16(14)25-10-23-8-7-15(22-23)17(24)21-13-4-1-11(19)2-5-13/h1-9H,10H2,(H,21,24). The molecule has 0 spiro atoms. The fourth-order valence-corrected chi connectivity index (χ4v) is 2.93. The van der Waals surface area contributed by atoms with E-state index in [2.05, 4.69) is 26.3 Å². The summed E-state index contributed by atoms with van der Waals surface area (Å²) in [6, 6.07) is 13.7. The van der Waals surface area contributed by atoms with Crippen molar-refractivity contribution in [2.75, 3.05) is 5.32 Å². The van der Waals surface area contributed by atoms with E-state index in [0.29, 0.717) is 21.5 Å². The van der Waals surface area contributed by atoms with Crippen molar-refractivity contribution in [2.24, 2.45) is 0 Å². The van der Waals surface area contributed by atoms with E-state index in [4.69, 9.17) is 27.9 Å². The fourth-order valence-electron chi connectivity index (χ4n) is 2.01. The highest BCUT2D eigenvalue weighted by Crippen LogP contribution is 2.28. The summed E-state index contributed by atoms with van der Waals surface area (Å²) in [4.78, 5) is 12.2. The molecule has 25 heavy (non-hydrogen) atoms. The van der Waals surface area contributed by atoms with Gasteiger partial charge in [-0.25, -0.2) is 4.68 Å². The van der Waals surface area contributed by atoms with Crippen molar-refractivity contribution >= 4 is 50.7 Å². The van der Waals surface area contributed by atoms with Gasteiger partial charge in [0.2, 0.25) is 0 Å². The van der Waals surface area contributed by atoms with E-state index in [1.165, 1.54) is 4.68 Å². The second-order valence-corrected chi connectivity index (χ2v) is 6.78. The van der Waals surface area contributed by atoms with Gasteiger partial charge in [-0.15, -0.1) is 0 Å². The molecule has 128 valence electrons. The van der Waals surface area contributed by atoms with Crippen LogP contribution in [0.5, 0.6) is 5.75 Å². The first-order valence-corrected chi connectivity index (χ1v) is 8.74. The third-order valence-corrected chi connectivity index (χ3v) is 4.33. The van der Waals surface area contributed by atoms with Gasteiger partial charge in [0.15, 0.2) is 12.4 Å². The number of rotatable bonds is 5. The monoisotopic (exact) mass is 439 g/mol. The number of hydrogen-bond acceptors (Lipinski definition) is 3. The molecule has 0 saturated heterocycles. The molecule has 1 amide bonds.